The molecule has 1 unspecified atom stereocenters. The summed E-state index contributed by atoms with van der Waals surface area (Å²) < 4.78 is 4.77. The average Bonchev–Trinajstić information content (AvgIpc) is 2.39. The summed E-state index contributed by atoms with van der Waals surface area (Å²) in [7, 11) is 0. The number of aliphatic carboxylic acids is 1. The molecule has 0 amide bonds. The van der Waals surface area contributed by atoms with Crippen molar-refractivity contribution in [2.24, 2.45) is 0 Å². The molecule has 0 saturated heterocycles. The van der Waals surface area contributed by atoms with Crippen LogP contribution in [0.5, 0.6) is 0 Å². The van der Waals surface area contributed by atoms with Gasteiger partial charge in [0.2, 0.25) is 0 Å². The molecule has 0 saturated carbocycles. The monoisotopic (exact) mass is 172 g/mol. The molecule has 0 aliphatic heterocycles. The third-order valence-electron chi connectivity index (χ3n) is 1.29. The van der Waals surface area contributed by atoms with Crippen LogP contribution in [-0.2, 0) is 11.2 Å². The maximum Gasteiger partial charge on any atom is 0.316 e. The number of thiol groups is 1. The van der Waals surface area contributed by atoms with E-state index in [1.54, 1.807) is 6.07 Å². The minimum atomic E-state index is -0.908. The number of rotatable bonds is 3. The smallest absolute Gasteiger partial charge is 0.316 e. The second-order valence-corrected chi connectivity index (χ2v) is 2.81. The molecule has 0 radical (unpaired) electrons. The first kappa shape index (κ1) is 8.20. The number of carboxylic acids is 1. The zero-order chi connectivity index (χ0) is 8.27. The van der Waals surface area contributed by atoms with Crippen LogP contribution in [0.4, 0.5) is 0 Å². The largest absolute Gasteiger partial charge is 0.480 e. The average molecular weight is 172 g/mol. The number of carbonyl (C=O) groups is 1. The van der Waals surface area contributed by atoms with Crippen LogP contribution in [-0.4, -0.2) is 16.3 Å². The van der Waals surface area contributed by atoms with Crippen molar-refractivity contribution in [1.29, 1.82) is 0 Å². The SMILES string of the molecule is O=C(O)C(S)Cc1ccoc1. The lowest BCUT2D eigenvalue weighted by molar-refractivity contribution is -0.136. The summed E-state index contributed by atoms with van der Waals surface area (Å²) in [6, 6.07) is 1.73. The molecule has 11 heavy (non-hydrogen) atoms. The van der Waals surface area contributed by atoms with Crippen molar-refractivity contribution in [2.45, 2.75) is 11.7 Å². The van der Waals surface area contributed by atoms with Crippen LogP contribution < -0.4 is 0 Å². The first-order chi connectivity index (χ1) is 5.20. The van der Waals surface area contributed by atoms with Gasteiger partial charge in [-0.2, -0.15) is 12.6 Å². The first-order valence-corrected chi connectivity index (χ1v) is 3.63. The zero-order valence-corrected chi connectivity index (χ0v) is 6.62. The summed E-state index contributed by atoms with van der Waals surface area (Å²) in [6.45, 7) is 0. The molecule has 1 atom stereocenters. The second-order valence-electron chi connectivity index (χ2n) is 2.19. The lowest BCUT2D eigenvalue weighted by Gasteiger charge is -2.00. The van der Waals surface area contributed by atoms with E-state index in [0.29, 0.717) is 6.42 Å². The molecule has 60 valence electrons. The lowest BCUT2D eigenvalue weighted by Crippen LogP contribution is -2.15. The van der Waals surface area contributed by atoms with Crippen LogP contribution in [0.25, 0.3) is 0 Å². The normalized spacial score (nSPS) is 12.8. The van der Waals surface area contributed by atoms with E-state index in [1.165, 1.54) is 12.5 Å². The third-order valence-corrected chi connectivity index (χ3v) is 1.70. The predicted octanol–water partition coefficient (Wildman–Crippen LogP) is 1.21. The Hall–Kier alpha value is -0.900. The lowest BCUT2D eigenvalue weighted by atomic mass is 10.2. The Bertz CT molecular complexity index is 230. The van der Waals surface area contributed by atoms with Crippen molar-refractivity contribution < 1.29 is 14.3 Å². The van der Waals surface area contributed by atoms with E-state index in [1.807, 2.05) is 0 Å². The summed E-state index contributed by atoms with van der Waals surface area (Å²) in [5, 5.41) is 7.83. The molecule has 0 aromatic carbocycles. The maximum atomic E-state index is 10.3. The molecule has 3 nitrogen and oxygen atoms in total. The van der Waals surface area contributed by atoms with Crippen LogP contribution in [0.3, 0.4) is 0 Å². The van der Waals surface area contributed by atoms with Crippen LogP contribution in [0.1, 0.15) is 5.56 Å². The molecular formula is C7H8O3S. The third kappa shape index (κ3) is 2.31. The summed E-state index contributed by atoms with van der Waals surface area (Å²) in [4.78, 5) is 10.3. The fraction of sp³-hybridized carbons (Fsp3) is 0.286. The van der Waals surface area contributed by atoms with E-state index < -0.39 is 11.2 Å². The Balaban J connectivity index is 2.50. The molecule has 0 aliphatic carbocycles. The Morgan fingerprint density at radius 3 is 3.00 bits per heavy atom. The van der Waals surface area contributed by atoms with Crippen LogP contribution in [0.2, 0.25) is 0 Å². The Morgan fingerprint density at radius 1 is 1.82 bits per heavy atom. The number of carboxylic acid groups (broad SMARTS) is 1. The molecular weight excluding hydrogens is 164 g/mol. The molecule has 0 bridgehead atoms. The fourth-order valence-corrected chi connectivity index (χ4v) is 0.930. The Morgan fingerprint density at radius 2 is 2.55 bits per heavy atom. The van der Waals surface area contributed by atoms with E-state index in [9.17, 15) is 4.79 Å². The highest BCUT2D eigenvalue weighted by Crippen LogP contribution is 2.07. The Kier molecular flexibility index (Phi) is 2.59. The fourth-order valence-electron chi connectivity index (χ4n) is 0.719. The molecule has 0 aliphatic rings. The van der Waals surface area contributed by atoms with E-state index >= 15 is 0 Å². The van der Waals surface area contributed by atoms with Gasteiger partial charge in [0, 0.05) is 0 Å². The van der Waals surface area contributed by atoms with Gasteiger partial charge in [0.25, 0.3) is 0 Å². The minimum absolute atomic E-state index is 0.398. The molecule has 0 fully saturated rings. The molecule has 1 aromatic heterocycles. The summed E-state index contributed by atoms with van der Waals surface area (Å²) >= 11 is 3.87. The highest BCUT2D eigenvalue weighted by molar-refractivity contribution is 7.81. The van der Waals surface area contributed by atoms with Gasteiger partial charge in [0.15, 0.2) is 0 Å². The van der Waals surface area contributed by atoms with E-state index in [2.05, 4.69) is 12.6 Å². The minimum Gasteiger partial charge on any atom is -0.480 e. The topological polar surface area (TPSA) is 50.4 Å². The van der Waals surface area contributed by atoms with Gasteiger partial charge in [-0.15, -0.1) is 0 Å². The van der Waals surface area contributed by atoms with Gasteiger partial charge >= 0.3 is 5.97 Å². The maximum absolute atomic E-state index is 10.3. The van der Waals surface area contributed by atoms with Crippen molar-refractivity contribution in [3.63, 3.8) is 0 Å². The van der Waals surface area contributed by atoms with Crippen molar-refractivity contribution >= 4 is 18.6 Å². The van der Waals surface area contributed by atoms with Crippen LogP contribution in [0.15, 0.2) is 23.0 Å². The van der Waals surface area contributed by atoms with Gasteiger partial charge in [0.1, 0.15) is 5.25 Å². The van der Waals surface area contributed by atoms with Gasteiger partial charge < -0.3 is 9.52 Å². The highest BCUT2D eigenvalue weighted by atomic mass is 32.1. The van der Waals surface area contributed by atoms with Gasteiger partial charge in [-0.25, -0.2) is 0 Å². The summed E-state index contributed by atoms with van der Waals surface area (Å²) in [6.07, 6.45) is 3.43. The van der Waals surface area contributed by atoms with Crippen molar-refractivity contribution in [1.82, 2.24) is 0 Å². The molecule has 0 spiro atoms. The van der Waals surface area contributed by atoms with E-state index in [0.717, 1.165) is 5.56 Å². The van der Waals surface area contributed by atoms with E-state index in [-0.39, 0.29) is 0 Å². The molecule has 1 aromatic rings. The molecule has 4 heteroatoms. The van der Waals surface area contributed by atoms with Crippen LogP contribution in [0, 0.1) is 0 Å². The van der Waals surface area contributed by atoms with Crippen molar-refractivity contribution in [2.75, 3.05) is 0 Å². The van der Waals surface area contributed by atoms with E-state index in [4.69, 9.17) is 9.52 Å². The van der Waals surface area contributed by atoms with Gasteiger partial charge in [-0.1, -0.05) is 0 Å². The van der Waals surface area contributed by atoms with Crippen LogP contribution >= 0.6 is 12.6 Å². The zero-order valence-electron chi connectivity index (χ0n) is 5.73. The molecule has 1 heterocycles. The first-order valence-electron chi connectivity index (χ1n) is 3.12. The van der Waals surface area contributed by atoms with Crippen molar-refractivity contribution in [3.05, 3.63) is 24.2 Å². The predicted molar refractivity (Wildman–Crippen MR) is 42.8 cm³/mol. The Labute approximate surface area is 69.4 Å². The molecule has 1 N–H and O–H groups in total. The molecule has 1 rings (SSSR count). The van der Waals surface area contributed by atoms with Gasteiger partial charge in [-0.05, 0) is 18.1 Å². The quantitative estimate of drug-likeness (QED) is 0.674. The number of hydrogen-bond donors (Lipinski definition) is 2. The van der Waals surface area contributed by atoms with Gasteiger partial charge in [0.05, 0.1) is 12.5 Å². The standard InChI is InChI=1S/C7H8O3S/c8-7(9)6(11)3-5-1-2-10-4-5/h1-2,4,6,11H,3H2,(H,8,9). The second kappa shape index (κ2) is 3.48. The summed E-state index contributed by atoms with van der Waals surface area (Å²) in [5.74, 6) is -0.908. The number of hydrogen-bond acceptors (Lipinski definition) is 3. The van der Waals surface area contributed by atoms with Crippen molar-refractivity contribution in [3.8, 4) is 0 Å². The van der Waals surface area contributed by atoms with Gasteiger partial charge in [-0.3, -0.25) is 4.79 Å². The summed E-state index contributed by atoms with van der Waals surface area (Å²) in [5.41, 5.74) is 0.854. The highest BCUT2D eigenvalue weighted by Gasteiger charge is 2.12. The number of furan rings is 1.